The minimum absolute atomic E-state index is 0.370. The molecule has 0 radical (unpaired) electrons. The Labute approximate surface area is 91.5 Å². The van der Waals surface area contributed by atoms with Crippen molar-refractivity contribution in [2.45, 2.75) is 39.3 Å². The van der Waals surface area contributed by atoms with Crippen LogP contribution in [0.1, 0.15) is 32.0 Å². The first kappa shape index (κ1) is 12.1. The van der Waals surface area contributed by atoms with Gasteiger partial charge in [-0.3, -0.25) is 4.98 Å². The van der Waals surface area contributed by atoms with E-state index in [4.69, 9.17) is 0 Å². The Hall–Kier alpha value is -0.930. The molecule has 1 unspecified atom stereocenters. The number of aromatic nitrogens is 1. The van der Waals surface area contributed by atoms with Gasteiger partial charge in [-0.1, -0.05) is 19.9 Å². The summed E-state index contributed by atoms with van der Waals surface area (Å²) >= 11 is 0. The van der Waals surface area contributed by atoms with Gasteiger partial charge in [0.25, 0.3) is 0 Å². The van der Waals surface area contributed by atoms with Crippen LogP contribution in [0, 0.1) is 6.92 Å². The van der Waals surface area contributed by atoms with Gasteiger partial charge in [0.2, 0.25) is 0 Å². The van der Waals surface area contributed by atoms with Gasteiger partial charge in [0.15, 0.2) is 0 Å². The van der Waals surface area contributed by atoms with Crippen molar-refractivity contribution in [1.82, 2.24) is 10.3 Å². The third-order valence-electron chi connectivity index (χ3n) is 2.39. The smallest absolute Gasteiger partial charge is 0.101 e. The van der Waals surface area contributed by atoms with Gasteiger partial charge in [-0.15, -0.1) is 0 Å². The van der Waals surface area contributed by atoms with Crippen LogP contribution >= 0.6 is 0 Å². The molecule has 2 N–H and O–H groups in total. The summed E-state index contributed by atoms with van der Waals surface area (Å²) in [7, 11) is 0. The number of rotatable bonds is 4. The fourth-order valence-corrected chi connectivity index (χ4v) is 1.29. The molecule has 15 heavy (non-hydrogen) atoms. The molecule has 84 valence electrons. The van der Waals surface area contributed by atoms with Crippen LogP contribution < -0.4 is 5.32 Å². The van der Waals surface area contributed by atoms with E-state index in [9.17, 15) is 5.11 Å². The molecule has 0 aliphatic heterocycles. The minimum atomic E-state index is -0.856. The van der Waals surface area contributed by atoms with E-state index in [0.29, 0.717) is 12.6 Å². The summed E-state index contributed by atoms with van der Waals surface area (Å²) in [5.74, 6) is 0. The molecule has 3 nitrogen and oxygen atoms in total. The zero-order valence-electron chi connectivity index (χ0n) is 9.91. The Morgan fingerprint density at radius 2 is 2.13 bits per heavy atom. The average molecular weight is 208 g/mol. The van der Waals surface area contributed by atoms with Crippen LogP contribution in [0.5, 0.6) is 0 Å². The van der Waals surface area contributed by atoms with Crippen molar-refractivity contribution in [2.24, 2.45) is 0 Å². The Morgan fingerprint density at radius 3 is 2.60 bits per heavy atom. The number of pyridine rings is 1. The second-order valence-corrected chi connectivity index (χ2v) is 4.50. The van der Waals surface area contributed by atoms with Gasteiger partial charge in [-0.25, -0.2) is 0 Å². The summed E-state index contributed by atoms with van der Waals surface area (Å²) in [6, 6.07) is 4.21. The normalized spacial score (nSPS) is 15.3. The number of hydrogen-bond donors (Lipinski definition) is 2. The van der Waals surface area contributed by atoms with Gasteiger partial charge in [0, 0.05) is 30.0 Å². The van der Waals surface area contributed by atoms with Crippen LogP contribution in [0.25, 0.3) is 0 Å². The number of nitrogens with zero attached hydrogens (tertiary/aromatic N) is 1. The summed E-state index contributed by atoms with van der Waals surface area (Å²) < 4.78 is 0. The second-order valence-electron chi connectivity index (χ2n) is 4.50. The van der Waals surface area contributed by atoms with Gasteiger partial charge in [0.05, 0.1) is 0 Å². The highest BCUT2D eigenvalue weighted by Crippen LogP contribution is 2.18. The lowest BCUT2D eigenvalue weighted by molar-refractivity contribution is 0.0546. The predicted molar refractivity (Wildman–Crippen MR) is 61.7 cm³/mol. The molecule has 0 aromatic carbocycles. The number of aliphatic hydroxyl groups is 1. The fourth-order valence-electron chi connectivity index (χ4n) is 1.29. The highest BCUT2D eigenvalue weighted by atomic mass is 16.3. The van der Waals surface area contributed by atoms with Crippen molar-refractivity contribution in [3.05, 3.63) is 29.6 Å². The lowest BCUT2D eigenvalue weighted by Crippen LogP contribution is -2.38. The van der Waals surface area contributed by atoms with Gasteiger partial charge in [-0.2, -0.15) is 0 Å². The van der Waals surface area contributed by atoms with Gasteiger partial charge >= 0.3 is 0 Å². The molecule has 3 heteroatoms. The molecule has 0 saturated heterocycles. The van der Waals surface area contributed by atoms with Crippen molar-refractivity contribution >= 4 is 0 Å². The first-order valence-electron chi connectivity index (χ1n) is 5.31. The standard InChI is InChI=1S/C12H20N2O/c1-9(2)14-8-12(4,15)11-6-5-10(3)13-7-11/h5-7,9,14-15H,8H2,1-4H3. The van der Waals surface area contributed by atoms with E-state index in [1.54, 1.807) is 13.1 Å². The lowest BCUT2D eigenvalue weighted by Gasteiger charge is -2.25. The third kappa shape index (κ3) is 3.61. The fraction of sp³-hybridized carbons (Fsp3) is 0.583. The molecule has 0 fully saturated rings. The first-order chi connectivity index (χ1) is 6.92. The summed E-state index contributed by atoms with van der Waals surface area (Å²) in [5.41, 5.74) is 0.956. The second kappa shape index (κ2) is 4.73. The van der Waals surface area contributed by atoms with E-state index in [0.717, 1.165) is 11.3 Å². The van der Waals surface area contributed by atoms with Crippen LogP contribution in [-0.4, -0.2) is 22.7 Å². The maximum Gasteiger partial charge on any atom is 0.101 e. The van der Waals surface area contributed by atoms with E-state index in [-0.39, 0.29) is 0 Å². The molecule has 0 bridgehead atoms. The first-order valence-corrected chi connectivity index (χ1v) is 5.31. The number of aryl methyl sites for hydroxylation is 1. The predicted octanol–water partition coefficient (Wildman–Crippen LogP) is 1.60. The summed E-state index contributed by atoms with van der Waals surface area (Å²) in [6.45, 7) is 8.39. The SMILES string of the molecule is Cc1ccc(C(C)(O)CNC(C)C)cn1. The Morgan fingerprint density at radius 1 is 1.47 bits per heavy atom. The molecule has 0 amide bonds. The minimum Gasteiger partial charge on any atom is -0.384 e. The molecule has 0 saturated carbocycles. The Balaban J connectivity index is 2.72. The van der Waals surface area contributed by atoms with E-state index < -0.39 is 5.60 Å². The lowest BCUT2D eigenvalue weighted by atomic mass is 9.97. The monoisotopic (exact) mass is 208 g/mol. The van der Waals surface area contributed by atoms with Crippen LogP contribution in [0.15, 0.2) is 18.3 Å². The van der Waals surface area contributed by atoms with Crippen LogP contribution in [0.3, 0.4) is 0 Å². The largest absolute Gasteiger partial charge is 0.384 e. The van der Waals surface area contributed by atoms with Crippen LogP contribution in [-0.2, 0) is 5.60 Å². The Kier molecular flexibility index (Phi) is 3.83. The molecule has 1 heterocycles. The van der Waals surface area contributed by atoms with Crippen molar-refractivity contribution < 1.29 is 5.11 Å². The number of hydrogen-bond acceptors (Lipinski definition) is 3. The highest BCUT2D eigenvalue weighted by molar-refractivity contribution is 5.20. The molecule has 1 rings (SSSR count). The summed E-state index contributed by atoms with van der Waals surface area (Å²) in [4.78, 5) is 4.18. The molecule has 0 aliphatic rings. The van der Waals surface area contributed by atoms with E-state index in [1.807, 2.05) is 19.1 Å². The van der Waals surface area contributed by atoms with Crippen LogP contribution in [0.2, 0.25) is 0 Å². The molecular weight excluding hydrogens is 188 g/mol. The van der Waals surface area contributed by atoms with E-state index in [2.05, 4.69) is 24.1 Å². The molecule has 1 aromatic heterocycles. The van der Waals surface area contributed by atoms with E-state index in [1.165, 1.54) is 0 Å². The molecular formula is C12H20N2O. The quantitative estimate of drug-likeness (QED) is 0.790. The zero-order valence-corrected chi connectivity index (χ0v) is 9.91. The average Bonchev–Trinajstić information content (AvgIpc) is 2.16. The van der Waals surface area contributed by atoms with Crippen molar-refractivity contribution in [3.63, 3.8) is 0 Å². The van der Waals surface area contributed by atoms with E-state index >= 15 is 0 Å². The van der Waals surface area contributed by atoms with Gasteiger partial charge in [-0.05, 0) is 19.9 Å². The maximum absolute atomic E-state index is 10.2. The van der Waals surface area contributed by atoms with Crippen molar-refractivity contribution in [3.8, 4) is 0 Å². The molecule has 0 aliphatic carbocycles. The topological polar surface area (TPSA) is 45.1 Å². The molecule has 1 aromatic rings. The van der Waals surface area contributed by atoms with Gasteiger partial charge < -0.3 is 10.4 Å². The van der Waals surface area contributed by atoms with Crippen LogP contribution in [0.4, 0.5) is 0 Å². The molecule has 0 spiro atoms. The van der Waals surface area contributed by atoms with Crippen molar-refractivity contribution in [2.75, 3.05) is 6.54 Å². The number of nitrogens with one attached hydrogen (secondary N) is 1. The third-order valence-corrected chi connectivity index (χ3v) is 2.39. The zero-order chi connectivity index (χ0) is 11.5. The molecule has 1 atom stereocenters. The maximum atomic E-state index is 10.2. The van der Waals surface area contributed by atoms with Crippen molar-refractivity contribution in [1.29, 1.82) is 0 Å². The Bertz CT molecular complexity index is 304. The summed E-state index contributed by atoms with van der Waals surface area (Å²) in [5, 5.41) is 13.4. The highest BCUT2D eigenvalue weighted by Gasteiger charge is 2.23. The van der Waals surface area contributed by atoms with Gasteiger partial charge in [0.1, 0.15) is 5.60 Å². The summed E-state index contributed by atoms with van der Waals surface area (Å²) in [6.07, 6.45) is 1.73.